The number of ether oxygens (including phenoxy) is 1. The summed E-state index contributed by atoms with van der Waals surface area (Å²) in [5.41, 5.74) is 5.42. The van der Waals surface area contributed by atoms with Crippen LogP contribution in [0.3, 0.4) is 0 Å². The van der Waals surface area contributed by atoms with Gasteiger partial charge in [-0.25, -0.2) is 23.1 Å². The molecule has 0 saturated carbocycles. The minimum Gasteiger partial charge on any atom is -0.494 e. The number of fused-ring (bicyclic) bond motifs is 1. The van der Waals surface area contributed by atoms with E-state index in [4.69, 9.17) is 4.74 Å². The maximum Gasteiger partial charge on any atom is 0.251 e. The molecule has 11 nitrogen and oxygen atoms in total. The van der Waals surface area contributed by atoms with Crippen molar-refractivity contribution in [3.8, 4) is 11.4 Å². The molecule has 0 saturated heterocycles. The summed E-state index contributed by atoms with van der Waals surface area (Å²) in [6, 6.07) is 14.2. The number of methoxy groups -OCH3 is 1. The summed E-state index contributed by atoms with van der Waals surface area (Å²) in [5, 5.41) is 11.9. The van der Waals surface area contributed by atoms with Crippen molar-refractivity contribution in [3.63, 3.8) is 0 Å². The van der Waals surface area contributed by atoms with Gasteiger partial charge in [-0.1, -0.05) is 24.3 Å². The van der Waals surface area contributed by atoms with E-state index < -0.39 is 9.84 Å². The van der Waals surface area contributed by atoms with Crippen LogP contribution in [0.15, 0.2) is 66.2 Å². The predicted octanol–water partition coefficient (Wildman–Crippen LogP) is 2.47. The lowest BCUT2D eigenvalue weighted by Gasteiger charge is -2.08. The number of aromatic nitrogens is 4. The highest BCUT2D eigenvalue weighted by atomic mass is 35.5. The lowest BCUT2D eigenvalue weighted by molar-refractivity contribution is 0.0956. The van der Waals surface area contributed by atoms with Crippen LogP contribution >= 0.6 is 12.4 Å². The van der Waals surface area contributed by atoms with E-state index in [0.717, 1.165) is 17.5 Å². The topological polar surface area (TPSA) is 140 Å². The van der Waals surface area contributed by atoms with Crippen molar-refractivity contribution in [2.45, 2.75) is 0 Å². The highest BCUT2D eigenvalue weighted by molar-refractivity contribution is 7.90. The SMILES string of the molecule is COc1ccccc1-n1ncc2c(N/N=C/c3ccc(C(=O)NCCS(C)(=O)=O)cc3)ncnc21.Cl. The smallest absolute Gasteiger partial charge is 0.251 e. The van der Waals surface area contributed by atoms with Gasteiger partial charge in [0.1, 0.15) is 27.6 Å². The number of halogens is 1. The number of benzene rings is 2. The van der Waals surface area contributed by atoms with Crippen LogP contribution in [-0.2, 0) is 9.84 Å². The summed E-state index contributed by atoms with van der Waals surface area (Å²) in [6.07, 6.45) is 5.78. The van der Waals surface area contributed by atoms with Gasteiger partial charge >= 0.3 is 0 Å². The molecule has 0 radical (unpaired) electrons. The first-order valence-electron chi connectivity index (χ1n) is 10.5. The Balaban J connectivity index is 0.00000361. The van der Waals surface area contributed by atoms with E-state index in [1.807, 2.05) is 24.3 Å². The quantitative estimate of drug-likeness (QED) is 0.249. The van der Waals surface area contributed by atoms with Crippen molar-refractivity contribution in [3.05, 3.63) is 72.2 Å². The van der Waals surface area contributed by atoms with E-state index in [2.05, 4.69) is 30.9 Å². The molecule has 0 aliphatic carbocycles. The number of carbonyl (C=O) groups excluding carboxylic acids is 1. The zero-order chi connectivity index (χ0) is 24.8. The molecule has 2 aromatic heterocycles. The Hall–Kier alpha value is -4.03. The van der Waals surface area contributed by atoms with E-state index in [0.29, 0.717) is 28.2 Å². The van der Waals surface area contributed by atoms with Crippen molar-refractivity contribution in [2.75, 3.05) is 31.1 Å². The summed E-state index contributed by atoms with van der Waals surface area (Å²) >= 11 is 0. The van der Waals surface area contributed by atoms with E-state index in [1.165, 1.54) is 6.33 Å². The number of nitrogens with zero attached hydrogens (tertiary/aromatic N) is 5. The minimum atomic E-state index is -3.13. The van der Waals surface area contributed by atoms with E-state index in [-0.39, 0.29) is 30.6 Å². The third kappa shape index (κ3) is 6.34. The Bertz CT molecular complexity index is 1490. The number of anilines is 1. The van der Waals surface area contributed by atoms with Gasteiger partial charge in [0.25, 0.3) is 5.91 Å². The zero-order valence-electron chi connectivity index (χ0n) is 19.5. The molecular formula is C23H24ClN7O4S. The van der Waals surface area contributed by atoms with Gasteiger partial charge in [-0.2, -0.15) is 10.2 Å². The molecular weight excluding hydrogens is 506 g/mol. The lowest BCUT2D eigenvalue weighted by Crippen LogP contribution is -2.28. The number of nitrogens with one attached hydrogen (secondary N) is 2. The number of hydrogen-bond acceptors (Lipinski definition) is 9. The highest BCUT2D eigenvalue weighted by Crippen LogP contribution is 2.26. The average molecular weight is 530 g/mol. The van der Waals surface area contributed by atoms with Crippen LogP contribution in [0.25, 0.3) is 16.7 Å². The Kier molecular flexibility index (Phi) is 8.56. The fraction of sp³-hybridized carbons (Fsp3) is 0.174. The van der Waals surface area contributed by atoms with E-state index in [9.17, 15) is 13.2 Å². The van der Waals surface area contributed by atoms with E-state index in [1.54, 1.807) is 48.5 Å². The van der Waals surface area contributed by atoms with Crippen molar-refractivity contribution in [1.29, 1.82) is 0 Å². The third-order valence-corrected chi connectivity index (χ3v) is 5.94. The number of sulfone groups is 1. The van der Waals surface area contributed by atoms with Gasteiger partial charge in [0.05, 0.1) is 30.7 Å². The summed E-state index contributed by atoms with van der Waals surface area (Å²) in [6.45, 7) is 0.0613. The second-order valence-electron chi connectivity index (χ2n) is 7.57. The molecule has 2 aromatic carbocycles. The highest BCUT2D eigenvalue weighted by Gasteiger charge is 2.13. The first-order valence-corrected chi connectivity index (χ1v) is 12.6. The average Bonchev–Trinajstić information content (AvgIpc) is 3.28. The Labute approximate surface area is 213 Å². The zero-order valence-corrected chi connectivity index (χ0v) is 21.1. The molecule has 0 unspecified atom stereocenters. The predicted molar refractivity (Wildman–Crippen MR) is 140 cm³/mol. The van der Waals surface area contributed by atoms with Crippen LogP contribution < -0.4 is 15.5 Å². The summed E-state index contributed by atoms with van der Waals surface area (Å²) in [4.78, 5) is 20.7. The van der Waals surface area contributed by atoms with Gasteiger partial charge in [0.15, 0.2) is 11.5 Å². The number of rotatable bonds is 9. The van der Waals surface area contributed by atoms with Crippen LogP contribution in [-0.4, -0.2) is 66.0 Å². The molecule has 0 aliphatic rings. The number of amides is 1. The largest absolute Gasteiger partial charge is 0.494 e. The second-order valence-corrected chi connectivity index (χ2v) is 9.83. The molecule has 1 amide bonds. The van der Waals surface area contributed by atoms with Gasteiger partial charge in [-0.05, 0) is 29.8 Å². The molecule has 4 aromatic rings. The van der Waals surface area contributed by atoms with Crippen molar-refractivity contribution in [1.82, 2.24) is 25.1 Å². The van der Waals surface area contributed by atoms with Gasteiger partial charge in [0, 0.05) is 18.4 Å². The van der Waals surface area contributed by atoms with Gasteiger partial charge in [-0.15, -0.1) is 12.4 Å². The molecule has 188 valence electrons. The molecule has 0 atom stereocenters. The molecule has 0 bridgehead atoms. The molecule has 2 N–H and O–H groups in total. The minimum absolute atomic E-state index is 0. The van der Waals surface area contributed by atoms with Crippen LogP contribution in [0.5, 0.6) is 5.75 Å². The Morgan fingerprint density at radius 2 is 1.89 bits per heavy atom. The number of hydrazone groups is 1. The fourth-order valence-electron chi connectivity index (χ4n) is 3.25. The van der Waals surface area contributed by atoms with Gasteiger partial charge in [-0.3, -0.25) is 10.2 Å². The monoisotopic (exact) mass is 529 g/mol. The summed E-state index contributed by atoms with van der Waals surface area (Å²) in [7, 11) is -1.53. The van der Waals surface area contributed by atoms with Crippen molar-refractivity contribution in [2.24, 2.45) is 5.10 Å². The fourth-order valence-corrected chi connectivity index (χ4v) is 3.73. The van der Waals surface area contributed by atoms with Gasteiger partial charge < -0.3 is 10.1 Å². The van der Waals surface area contributed by atoms with Crippen LogP contribution in [0.1, 0.15) is 15.9 Å². The molecule has 4 rings (SSSR count). The summed E-state index contributed by atoms with van der Waals surface area (Å²) < 4.78 is 29.4. The second kappa shape index (κ2) is 11.6. The third-order valence-electron chi connectivity index (χ3n) is 4.99. The van der Waals surface area contributed by atoms with Gasteiger partial charge in [0.2, 0.25) is 0 Å². The molecule has 13 heteroatoms. The van der Waals surface area contributed by atoms with Crippen LogP contribution in [0, 0.1) is 0 Å². The first-order chi connectivity index (χ1) is 16.9. The molecule has 0 fully saturated rings. The molecule has 0 aliphatic heterocycles. The first kappa shape index (κ1) is 26.6. The van der Waals surface area contributed by atoms with Crippen molar-refractivity contribution < 1.29 is 17.9 Å². The van der Waals surface area contributed by atoms with Crippen molar-refractivity contribution >= 4 is 51.2 Å². The van der Waals surface area contributed by atoms with Crippen LogP contribution in [0.2, 0.25) is 0 Å². The number of para-hydroxylation sites is 2. The van der Waals surface area contributed by atoms with Crippen LogP contribution in [0.4, 0.5) is 5.82 Å². The Morgan fingerprint density at radius 1 is 1.14 bits per heavy atom. The maximum atomic E-state index is 12.1. The van der Waals surface area contributed by atoms with E-state index >= 15 is 0 Å². The standard InChI is InChI=1S/C23H23N7O4S.ClH/c1-34-20-6-4-3-5-19(20)30-22-18(14-28-30)21(25-15-26-22)29-27-13-16-7-9-17(10-8-16)23(31)24-11-12-35(2,32)33;/h3-10,13-15H,11-12H2,1-2H3,(H,24,31)(H,25,26,29);1H/b27-13+;. The normalized spacial score (nSPS) is 11.3. The molecule has 2 heterocycles. The molecule has 36 heavy (non-hydrogen) atoms. The lowest BCUT2D eigenvalue weighted by atomic mass is 10.1. The maximum absolute atomic E-state index is 12.1. The summed E-state index contributed by atoms with van der Waals surface area (Å²) in [5.74, 6) is 0.694. The number of hydrogen-bond donors (Lipinski definition) is 2. The molecule has 0 spiro atoms. The Morgan fingerprint density at radius 3 is 2.61 bits per heavy atom. The number of carbonyl (C=O) groups is 1.